The number of aryl methyl sites for hydroxylation is 1. The second kappa shape index (κ2) is 6.49. The van der Waals surface area contributed by atoms with E-state index in [0.717, 1.165) is 4.31 Å². The Labute approximate surface area is 129 Å². The molecular formula is C13H21N3O5S. The minimum Gasteiger partial charge on any atom is -0.480 e. The van der Waals surface area contributed by atoms with Gasteiger partial charge in [-0.2, -0.15) is 0 Å². The largest absolute Gasteiger partial charge is 0.480 e. The van der Waals surface area contributed by atoms with Crippen LogP contribution in [0.4, 0.5) is 0 Å². The number of sulfonamides is 1. The third-order valence-electron chi connectivity index (χ3n) is 3.21. The summed E-state index contributed by atoms with van der Waals surface area (Å²) in [5.74, 6) is -2.07. The van der Waals surface area contributed by atoms with Crippen LogP contribution in [0.15, 0.2) is 17.2 Å². The van der Waals surface area contributed by atoms with Crippen LogP contribution in [-0.2, 0) is 21.9 Å². The quantitative estimate of drug-likeness (QED) is 0.769. The summed E-state index contributed by atoms with van der Waals surface area (Å²) in [5, 5.41) is 11.5. The fraction of sp³-hybridized carbons (Fsp3) is 0.538. The van der Waals surface area contributed by atoms with E-state index in [1.54, 1.807) is 13.8 Å². The summed E-state index contributed by atoms with van der Waals surface area (Å²) >= 11 is 0. The van der Waals surface area contributed by atoms with Gasteiger partial charge in [0.15, 0.2) is 0 Å². The van der Waals surface area contributed by atoms with E-state index in [2.05, 4.69) is 5.32 Å². The molecule has 9 heteroatoms. The number of aromatic nitrogens is 1. The molecule has 0 bridgehead atoms. The Bertz CT molecular complexity index is 676. The Hall–Kier alpha value is -1.87. The van der Waals surface area contributed by atoms with Crippen LogP contribution in [-0.4, -0.2) is 54.4 Å². The summed E-state index contributed by atoms with van der Waals surface area (Å²) in [4.78, 5) is 23.3. The molecule has 1 atom stereocenters. The van der Waals surface area contributed by atoms with Crippen molar-refractivity contribution in [2.45, 2.75) is 24.8 Å². The molecule has 0 aliphatic carbocycles. The summed E-state index contributed by atoms with van der Waals surface area (Å²) in [6.07, 6.45) is 1.31. The van der Waals surface area contributed by atoms with E-state index < -0.39 is 27.9 Å². The van der Waals surface area contributed by atoms with Crippen LogP contribution in [0, 0.1) is 5.92 Å². The van der Waals surface area contributed by atoms with Crippen molar-refractivity contribution < 1.29 is 23.1 Å². The van der Waals surface area contributed by atoms with Gasteiger partial charge >= 0.3 is 5.97 Å². The molecule has 0 unspecified atom stereocenters. The third kappa shape index (κ3) is 3.66. The fourth-order valence-electron chi connectivity index (χ4n) is 1.84. The zero-order chi connectivity index (χ0) is 17.2. The minimum absolute atomic E-state index is 0.0263. The predicted molar refractivity (Wildman–Crippen MR) is 80.0 cm³/mol. The molecule has 0 radical (unpaired) electrons. The number of aliphatic carboxylic acids is 1. The molecule has 0 aromatic carbocycles. The standard InChI is InChI=1S/C13H21N3O5S/c1-8(2)11(13(18)19)14-12(17)10-6-9(7-16(10)5)22(20,21)15(3)4/h6-8,11H,1-5H3,(H,14,17)(H,18,19)/t11-/m0/s1. The summed E-state index contributed by atoms with van der Waals surface area (Å²) in [5.41, 5.74) is 0.0762. The third-order valence-corrected chi connectivity index (χ3v) is 4.99. The van der Waals surface area contributed by atoms with Gasteiger partial charge in [0.05, 0.1) is 0 Å². The smallest absolute Gasteiger partial charge is 0.326 e. The van der Waals surface area contributed by atoms with Crippen LogP contribution in [0.25, 0.3) is 0 Å². The lowest BCUT2D eigenvalue weighted by Crippen LogP contribution is -2.44. The van der Waals surface area contributed by atoms with Crippen molar-refractivity contribution >= 4 is 21.9 Å². The number of hydrogen-bond donors (Lipinski definition) is 2. The molecule has 0 spiro atoms. The molecule has 2 N–H and O–H groups in total. The molecule has 0 aliphatic rings. The molecule has 1 heterocycles. The molecular weight excluding hydrogens is 310 g/mol. The number of nitrogens with zero attached hydrogens (tertiary/aromatic N) is 2. The van der Waals surface area contributed by atoms with Crippen LogP contribution < -0.4 is 5.32 Å². The predicted octanol–water partition coefficient (Wildman–Crippen LogP) is 0.114. The summed E-state index contributed by atoms with van der Waals surface area (Å²) in [6.45, 7) is 3.35. The van der Waals surface area contributed by atoms with Crippen molar-refractivity contribution in [2.24, 2.45) is 13.0 Å². The van der Waals surface area contributed by atoms with Gasteiger partial charge in [0.1, 0.15) is 16.6 Å². The van der Waals surface area contributed by atoms with Crippen LogP contribution in [0.1, 0.15) is 24.3 Å². The van der Waals surface area contributed by atoms with Gasteiger partial charge in [-0.15, -0.1) is 0 Å². The van der Waals surface area contributed by atoms with Crippen LogP contribution in [0.2, 0.25) is 0 Å². The Balaban J connectivity index is 3.11. The first-order valence-electron chi connectivity index (χ1n) is 6.61. The van der Waals surface area contributed by atoms with Crippen molar-refractivity contribution in [2.75, 3.05) is 14.1 Å². The average Bonchev–Trinajstić information content (AvgIpc) is 2.77. The normalized spacial score (nSPS) is 13.4. The zero-order valence-electron chi connectivity index (χ0n) is 13.2. The first-order valence-corrected chi connectivity index (χ1v) is 8.05. The second-order valence-electron chi connectivity index (χ2n) is 5.49. The lowest BCUT2D eigenvalue weighted by atomic mass is 10.0. The van der Waals surface area contributed by atoms with E-state index >= 15 is 0 Å². The summed E-state index contributed by atoms with van der Waals surface area (Å²) in [7, 11) is 0.646. The highest BCUT2D eigenvalue weighted by molar-refractivity contribution is 7.89. The number of carboxylic acids is 1. The van der Waals surface area contributed by atoms with Crippen LogP contribution in [0.3, 0.4) is 0 Å². The fourth-order valence-corrected chi connectivity index (χ4v) is 2.81. The number of carbonyl (C=O) groups excluding carboxylic acids is 1. The number of carbonyl (C=O) groups is 2. The van der Waals surface area contributed by atoms with Gasteiger partial charge in [-0.25, -0.2) is 17.5 Å². The molecule has 1 aromatic rings. The van der Waals surface area contributed by atoms with Crippen molar-refractivity contribution in [3.05, 3.63) is 18.0 Å². The molecule has 0 aliphatic heterocycles. The van der Waals surface area contributed by atoms with E-state index in [4.69, 9.17) is 5.11 Å². The van der Waals surface area contributed by atoms with Gasteiger partial charge in [-0.3, -0.25) is 4.79 Å². The highest BCUT2D eigenvalue weighted by atomic mass is 32.2. The monoisotopic (exact) mass is 331 g/mol. The highest BCUT2D eigenvalue weighted by Crippen LogP contribution is 2.17. The molecule has 1 rings (SSSR count). The van der Waals surface area contributed by atoms with Gasteiger partial charge in [-0.1, -0.05) is 13.8 Å². The van der Waals surface area contributed by atoms with Crippen molar-refractivity contribution in [3.8, 4) is 0 Å². The van der Waals surface area contributed by atoms with E-state index in [1.165, 1.54) is 38.0 Å². The van der Waals surface area contributed by atoms with Gasteiger partial charge in [0.2, 0.25) is 10.0 Å². The molecule has 124 valence electrons. The van der Waals surface area contributed by atoms with Gasteiger partial charge < -0.3 is 15.0 Å². The van der Waals surface area contributed by atoms with Crippen molar-refractivity contribution in [1.29, 1.82) is 0 Å². The first-order chi connectivity index (χ1) is 9.98. The van der Waals surface area contributed by atoms with Gasteiger partial charge in [0.25, 0.3) is 5.91 Å². The lowest BCUT2D eigenvalue weighted by molar-refractivity contribution is -0.140. The molecule has 1 amide bonds. The number of rotatable bonds is 6. The minimum atomic E-state index is -3.66. The van der Waals surface area contributed by atoms with Crippen molar-refractivity contribution in [1.82, 2.24) is 14.2 Å². The van der Waals surface area contributed by atoms with E-state index in [9.17, 15) is 18.0 Å². The Morgan fingerprint density at radius 3 is 2.27 bits per heavy atom. The molecule has 0 fully saturated rings. The molecule has 0 saturated carbocycles. The maximum atomic E-state index is 12.2. The number of carboxylic acid groups (broad SMARTS) is 1. The number of hydrogen-bond acceptors (Lipinski definition) is 4. The highest BCUT2D eigenvalue weighted by Gasteiger charge is 2.27. The molecule has 22 heavy (non-hydrogen) atoms. The molecule has 8 nitrogen and oxygen atoms in total. The number of amides is 1. The maximum Gasteiger partial charge on any atom is 0.326 e. The van der Waals surface area contributed by atoms with E-state index in [1.807, 2.05) is 0 Å². The first kappa shape index (κ1) is 18.2. The van der Waals surface area contributed by atoms with Gasteiger partial charge in [-0.05, 0) is 12.0 Å². The average molecular weight is 331 g/mol. The SMILES string of the molecule is CC(C)[C@H](NC(=O)c1cc(S(=O)(=O)N(C)C)cn1C)C(=O)O. The maximum absolute atomic E-state index is 12.2. The topological polar surface area (TPSA) is 109 Å². The summed E-state index contributed by atoms with van der Waals surface area (Å²) in [6, 6.07) is 0.181. The second-order valence-corrected chi connectivity index (χ2v) is 7.64. The van der Waals surface area contributed by atoms with Crippen molar-refractivity contribution in [3.63, 3.8) is 0 Å². The Morgan fingerprint density at radius 1 is 1.32 bits per heavy atom. The zero-order valence-corrected chi connectivity index (χ0v) is 14.0. The number of nitrogens with one attached hydrogen (secondary N) is 1. The lowest BCUT2D eigenvalue weighted by Gasteiger charge is -2.17. The van der Waals surface area contributed by atoms with E-state index in [0.29, 0.717) is 0 Å². The Kier molecular flexibility index (Phi) is 5.36. The molecule has 1 aromatic heterocycles. The van der Waals surface area contributed by atoms with Gasteiger partial charge in [0, 0.05) is 27.3 Å². The van der Waals surface area contributed by atoms with Crippen LogP contribution >= 0.6 is 0 Å². The van der Waals surface area contributed by atoms with Crippen LogP contribution in [0.5, 0.6) is 0 Å². The molecule has 0 saturated heterocycles. The van der Waals surface area contributed by atoms with E-state index in [-0.39, 0.29) is 16.5 Å². The Morgan fingerprint density at radius 2 is 1.86 bits per heavy atom. The summed E-state index contributed by atoms with van der Waals surface area (Å²) < 4.78 is 26.5.